The first-order chi connectivity index (χ1) is 9.08. The van der Waals surface area contributed by atoms with E-state index < -0.39 is 0 Å². The summed E-state index contributed by atoms with van der Waals surface area (Å²) in [6, 6.07) is 3.79. The van der Waals surface area contributed by atoms with Crippen LogP contribution in [0.1, 0.15) is 22.8 Å². The maximum absolute atomic E-state index is 5.38. The molecule has 0 aromatic carbocycles. The fraction of sp³-hybridized carbons (Fsp3) is 0.385. The van der Waals surface area contributed by atoms with Crippen LogP contribution in [-0.4, -0.2) is 21.9 Å². The molecule has 0 radical (unpaired) electrons. The van der Waals surface area contributed by atoms with Crippen molar-refractivity contribution in [3.05, 3.63) is 41.2 Å². The Labute approximate surface area is 112 Å². The van der Waals surface area contributed by atoms with Crippen LogP contribution in [0, 0.1) is 13.8 Å². The van der Waals surface area contributed by atoms with Gasteiger partial charge in [0.05, 0.1) is 12.8 Å². The van der Waals surface area contributed by atoms with E-state index in [1.54, 1.807) is 6.26 Å². The van der Waals surface area contributed by atoms with Crippen LogP contribution in [0.3, 0.4) is 0 Å². The molecule has 2 aromatic rings. The van der Waals surface area contributed by atoms with Crippen LogP contribution in [-0.2, 0) is 13.1 Å². The van der Waals surface area contributed by atoms with Crippen LogP contribution >= 0.6 is 0 Å². The molecule has 0 bridgehead atoms. The molecule has 2 rings (SSSR count). The lowest BCUT2D eigenvalue weighted by Gasteiger charge is -2.15. The largest absolute Gasteiger partial charge is 0.469 e. The summed E-state index contributed by atoms with van der Waals surface area (Å²) < 4.78 is 5.29. The number of nitrogen functional groups attached to an aromatic ring is 1. The van der Waals surface area contributed by atoms with Gasteiger partial charge in [-0.3, -0.25) is 4.90 Å². The van der Waals surface area contributed by atoms with E-state index in [-0.39, 0.29) is 0 Å². The number of nitrogens with two attached hydrogens (primary N) is 1. The van der Waals surface area contributed by atoms with Crippen molar-refractivity contribution in [1.29, 1.82) is 0 Å². The van der Waals surface area contributed by atoms with Crippen molar-refractivity contribution in [2.75, 3.05) is 12.5 Å². The molecule has 0 atom stereocenters. The van der Waals surface area contributed by atoms with Crippen LogP contribution in [0.25, 0.3) is 0 Å². The summed E-state index contributed by atoms with van der Waals surface area (Å²) in [5.74, 6) is 7.71. The molecule has 0 saturated carbocycles. The second-order valence-corrected chi connectivity index (χ2v) is 4.63. The number of aromatic nitrogens is 2. The van der Waals surface area contributed by atoms with E-state index in [1.165, 1.54) is 5.56 Å². The number of hydrazine groups is 1. The first kappa shape index (κ1) is 13.5. The zero-order valence-electron chi connectivity index (χ0n) is 11.5. The summed E-state index contributed by atoms with van der Waals surface area (Å²) in [6.45, 7) is 5.33. The number of hydrogen-bond donors (Lipinski definition) is 2. The van der Waals surface area contributed by atoms with Gasteiger partial charge in [0.25, 0.3) is 0 Å². The molecular formula is C13H19N5O. The highest BCUT2D eigenvalue weighted by Gasteiger charge is 2.08. The van der Waals surface area contributed by atoms with E-state index in [0.29, 0.717) is 12.4 Å². The minimum absolute atomic E-state index is 0.635. The summed E-state index contributed by atoms with van der Waals surface area (Å²) >= 11 is 0. The highest BCUT2D eigenvalue weighted by atomic mass is 16.3. The van der Waals surface area contributed by atoms with Crippen LogP contribution in [0.2, 0.25) is 0 Å². The molecule has 3 N–H and O–H groups in total. The fourth-order valence-electron chi connectivity index (χ4n) is 1.94. The van der Waals surface area contributed by atoms with Gasteiger partial charge >= 0.3 is 0 Å². The van der Waals surface area contributed by atoms with Gasteiger partial charge in [0.1, 0.15) is 17.4 Å². The molecule has 0 aliphatic rings. The molecule has 0 spiro atoms. The van der Waals surface area contributed by atoms with Crippen molar-refractivity contribution in [3.8, 4) is 0 Å². The third-order valence-corrected chi connectivity index (χ3v) is 2.87. The van der Waals surface area contributed by atoms with Gasteiger partial charge in [0.15, 0.2) is 0 Å². The van der Waals surface area contributed by atoms with Gasteiger partial charge in [0, 0.05) is 23.9 Å². The molecule has 0 unspecified atom stereocenters. The van der Waals surface area contributed by atoms with Crippen LogP contribution in [0.15, 0.2) is 22.8 Å². The first-order valence-electron chi connectivity index (χ1n) is 6.11. The van der Waals surface area contributed by atoms with Gasteiger partial charge in [0.2, 0.25) is 0 Å². The molecule has 6 nitrogen and oxygen atoms in total. The second kappa shape index (κ2) is 5.81. The second-order valence-electron chi connectivity index (χ2n) is 4.63. The molecule has 0 aliphatic carbocycles. The number of furan rings is 1. The molecule has 2 aromatic heterocycles. The SMILES string of the molecule is Cc1cc(NN)nc(CN(C)Cc2ccoc2C)n1. The zero-order chi connectivity index (χ0) is 13.8. The van der Waals surface area contributed by atoms with Crippen molar-refractivity contribution in [3.63, 3.8) is 0 Å². The van der Waals surface area contributed by atoms with Crippen molar-refractivity contribution in [2.45, 2.75) is 26.9 Å². The molecule has 0 aliphatic heterocycles. The average molecular weight is 261 g/mol. The number of hydrogen-bond acceptors (Lipinski definition) is 6. The van der Waals surface area contributed by atoms with E-state index in [1.807, 2.05) is 33.0 Å². The molecule has 102 valence electrons. The van der Waals surface area contributed by atoms with Gasteiger partial charge < -0.3 is 9.84 Å². The highest BCUT2D eigenvalue weighted by Crippen LogP contribution is 2.13. The zero-order valence-corrected chi connectivity index (χ0v) is 11.5. The quantitative estimate of drug-likeness (QED) is 0.628. The summed E-state index contributed by atoms with van der Waals surface area (Å²) in [5, 5.41) is 0. The minimum Gasteiger partial charge on any atom is -0.469 e. The van der Waals surface area contributed by atoms with Crippen LogP contribution in [0.5, 0.6) is 0 Å². The number of nitrogens with zero attached hydrogens (tertiary/aromatic N) is 3. The smallest absolute Gasteiger partial charge is 0.145 e. The molecule has 6 heteroatoms. The number of aryl methyl sites for hydroxylation is 2. The Morgan fingerprint density at radius 2 is 2.11 bits per heavy atom. The summed E-state index contributed by atoms with van der Waals surface area (Å²) in [6.07, 6.45) is 1.71. The van der Waals surface area contributed by atoms with E-state index in [4.69, 9.17) is 10.3 Å². The Bertz CT molecular complexity index is 552. The molecule has 19 heavy (non-hydrogen) atoms. The predicted octanol–water partition coefficient (Wildman–Crippen LogP) is 1.60. The Morgan fingerprint density at radius 3 is 2.74 bits per heavy atom. The lowest BCUT2D eigenvalue weighted by molar-refractivity contribution is 0.308. The fourth-order valence-corrected chi connectivity index (χ4v) is 1.94. The molecule has 2 heterocycles. The average Bonchev–Trinajstić information content (AvgIpc) is 2.74. The lowest BCUT2D eigenvalue weighted by Crippen LogP contribution is -2.20. The Kier molecular flexibility index (Phi) is 4.13. The Balaban J connectivity index is 2.04. The number of rotatable bonds is 5. The molecular weight excluding hydrogens is 242 g/mol. The summed E-state index contributed by atoms with van der Waals surface area (Å²) in [4.78, 5) is 10.9. The maximum Gasteiger partial charge on any atom is 0.145 e. The van der Waals surface area contributed by atoms with E-state index >= 15 is 0 Å². The maximum atomic E-state index is 5.38. The topological polar surface area (TPSA) is 80.2 Å². The van der Waals surface area contributed by atoms with Crippen molar-refractivity contribution >= 4 is 5.82 Å². The van der Waals surface area contributed by atoms with Gasteiger partial charge in [-0.05, 0) is 27.0 Å². The monoisotopic (exact) mass is 261 g/mol. The van der Waals surface area contributed by atoms with Crippen LogP contribution < -0.4 is 11.3 Å². The molecule has 0 fully saturated rings. The van der Waals surface area contributed by atoms with E-state index in [2.05, 4.69) is 20.3 Å². The number of anilines is 1. The number of nitrogens with one attached hydrogen (secondary N) is 1. The standard InChI is InChI=1S/C13H19N5O/c1-9-6-12(17-14)16-13(15-9)8-18(3)7-11-4-5-19-10(11)2/h4-6H,7-8,14H2,1-3H3,(H,15,16,17). The third-order valence-electron chi connectivity index (χ3n) is 2.87. The van der Waals surface area contributed by atoms with Crippen molar-refractivity contribution in [1.82, 2.24) is 14.9 Å². The van der Waals surface area contributed by atoms with Crippen molar-refractivity contribution in [2.24, 2.45) is 5.84 Å². The normalized spacial score (nSPS) is 11.0. The third kappa shape index (κ3) is 3.52. The van der Waals surface area contributed by atoms with E-state index in [9.17, 15) is 0 Å². The lowest BCUT2D eigenvalue weighted by atomic mass is 10.2. The Hall–Kier alpha value is -1.92. The van der Waals surface area contributed by atoms with E-state index in [0.717, 1.165) is 23.8 Å². The minimum atomic E-state index is 0.635. The summed E-state index contributed by atoms with van der Waals surface area (Å²) in [7, 11) is 2.02. The van der Waals surface area contributed by atoms with Crippen molar-refractivity contribution < 1.29 is 4.42 Å². The van der Waals surface area contributed by atoms with Gasteiger partial charge in [-0.2, -0.15) is 0 Å². The van der Waals surface area contributed by atoms with Crippen LogP contribution in [0.4, 0.5) is 5.82 Å². The summed E-state index contributed by atoms with van der Waals surface area (Å²) in [5.41, 5.74) is 4.62. The van der Waals surface area contributed by atoms with Gasteiger partial charge in [-0.25, -0.2) is 15.8 Å². The predicted molar refractivity (Wildman–Crippen MR) is 73.2 cm³/mol. The van der Waals surface area contributed by atoms with Gasteiger partial charge in [-0.15, -0.1) is 0 Å². The molecule has 0 amide bonds. The first-order valence-corrected chi connectivity index (χ1v) is 6.11. The molecule has 0 saturated heterocycles. The Morgan fingerprint density at radius 1 is 1.32 bits per heavy atom. The highest BCUT2D eigenvalue weighted by molar-refractivity contribution is 5.33. The van der Waals surface area contributed by atoms with Gasteiger partial charge in [-0.1, -0.05) is 0 Å².